The standard InChI is InChI=1S/C29H25ClFNO5/c1-2-35-28(17-36-27-13-12-24(37-18-31)16-25(27)29(33)34)21-5-3-4-19(14-21)6-10-23-11-8-20-7-9-22(30)15-26(20)32-23/h3-16,28H,2,17-18H2,1H3,(H,33,34)/b10-6+. The molecule has 0 aliphatic heterocycles. The first-order chi connectivity index (χ1) is 18.0. The molecule has 1 N–H and O–H groups in total. The third-order valence-corrected chi connectivity index (χ3v) is 5.80. The highest BCUT2D eigenvalue weighted by molar-refractivity contribution is 6.31. The van der Waals surface area contributed by atoms with Crippen molar-refractivity contribution >= 4 is 40.6 Å². The Bertz CT molecular complexity index is 1420. The smallest absolute Gasteiger partial charge is 0.339 e. The first-order valence-corrected chi connectivity index (χ1v) is 12.0. The second kappa shape index (κ2) is 12.3. The number of carbonyl (C=O) groups is 1. The summed E-state index contributed by atoms with van der Waals surface area (Å²) in [5.41, 5.74) is 3.31. The van der Waals surface area contributed by atoms with Crippen molar-refractivity contribution < 1.29 is 28.5 Å². The van der Waals surface area contributed by atoms with Crippen LogP contribution in [0.25, 0.3) is 23.1 Å². The van der Waals surface area contributed by atoms with Gasteiger partial charge in [0.05, 0.1) is 11.2 Å². The number of nitrogens with zero attached hydrogens (tertiary/aromatic N) is 1. The number of carboxylic acid groups (broad SMARTS) is 1. The van der Waals surface area contributed by atoms with Gasteiger partial charge in [-0.15, -0.1) is 0 Å². The number of fused-ring (bicyclic) bond motifs is 1. The molecule has 0 bridgehead atoms. The molecule has 0 saturated carbocycles. The van der Waals surface area contributed by atoms with Gasteiger partial charge in [-0.2, -0.15) is 0 Å². The average Bonchev–Trinajstić information content (AvgIpc) is 2.90. The molecule has 0 aliphatic rings. The van der Waals surface area contributed by atoms with Gasteiger partial charge in [-0.1, -0.05) is 48.0 Å². The predicted molar refractivity (Wildman–Crippen MR) is 142 cm³/mol. The Hall–Kier alpha value is -3.94. The zero-order valence-corrected chi connectivity index (χ0v) is 20.8. The van der Waals surface area contributed by atoms with Crippen LogP contribution in [0.15, 0.2) is 72.8 Å². The summed E-state index contributed by atoms with van der Waals surface area (Å²) in [7, 11) is 0. The van der Waals surface area contributed by atoms with Gasteiger partial charge in [0.1, 0.15) is 29.8 Å². The number of aromatic carboxylic acids is 1. The zero-order chi connectivity index (χ0) is 26.2. The Balaban J connectivity index is 1.51. The summed E-state index contributed by atoms with van der Waals surface area (Å²) >= 11 is 6.10. The number of ether oxygens (including phenoxy) is 3. The van der Waals surface area contributed by atoms with E-state index in [-0.39, 0.29) is 23.7 Å². The van der Waals surface area contributed by atoms with E-state index in [9.17, 15) is 14.3 Å². The summed E-state index contributed by atoms with van der Waals surface area (Å²) in [6.45, 7) is 1.34. The first-order valence-electron chi connectivity index (χ1n) is 11.6. The highest BCUT2D eigenvalue weighted by Gasteiger charge is 2.17. The molecule has 0 radical (unpaired) electrons. The van der Waals surface area contributed by atoms with Gasteiger partial charge in [-0.25, -0.2) is 14.2 Å². The predicted octanol–water partition coefficient (Wildman–Crippen LogP) is 7.22. The minimum Gasteiger partial charge on any atom is -0.490 e. The lowest BCUT2D eigenvalue weighted by Gasteiger charge is -2.19. The van der Waals surface area contributed by atoms with Gasteiger partial charge in [0.15, 0.2) is 0 Å². The van der Waals surface area contributed by atoms with Crippen molar-refractivity contribution in [2.45, 2.75) is 13.0 Å². The molecule has 37 heavy (non-hydrogen) atoms. The summed E-state index contributed by atoms with van der Waals surface area (Å²) in [6.07, 6.45) is 3.44. The molecule has 0 saturated heterocycles. The number of pyridine rings is 1. The Morgan fingerprint density at radius 2 is 1.89 bits per heavy atom. The third-order valence-electron chi connectivity index (χ3n) is 5.57. The van der Waals surface area contributed by atoms with E-state index < -0.39 is 18.9 Å². The molecular weight excluding hydrogens is 497 g/mol. The monoisotopic (exact) mass is 521 g/mol. The molecule has 1 unspecified atom stereocenters. The van der Waals surface area contributed by atoms with Crippen LogP contribution in [-0.2, 0) is 4.74 Å². The molecule has 6 nitrogen and oxygen atoms in total. The maximum absolute atomic E-state index is 12.5. The molecule has 0 fully saturated rings. The van der Waals surface area contributed by atoms with E-state index in [0.717, 1.165) is 27.7 Å². The zero-order valence-electron chi connectivity index (χ0n) is 20.1. The van der Waals surface area contributed by atoms with Crippen LogP contribution in [0.1, 0.15) is 40.2 Å². The van der Waals surface area contributed by atoms with E-state index in [1.54, 1.807) is 0 Å². The van der Waals surface area contributed by atoms with Gasteiger partial charge in [0.2, 0.25) is 6.86 Å². The van der Waals surface area contributed by atoms with Gasteiger partial charge in [-0.05, 0) is 66.6 Å². The molecule has 1 heterocycles. The summed E-state index contributed by atoms with van der Waals surface area (Å²) in [6, 6.07) is 21.5. The van der Waals surface area contributed by atoms with Gasteiger partial charge in [0, 0.05) is 17.0 Å². The van der Waals surface area contributed by atoms with Crippen LogP contribution >= 0.6 is 11.6 Å². The van der Waals surface area contributed by atoms with Crippen LogP contribution in [-0.4, -0.2) is 36.1 Å². The molecule has 1 atom stereocenters. The maximum Gasteiger partial charge on any atom is 0.339 e. The molecule has 0 spiro atoms. The van der Waals surface area contributed by atoms with Gasteiger partial charge >= 0.3 is 5.97 Å². The summed E-state index contributed by atoms with van der Waals surface area (Å²) in [4.78, 5) is 16.3. The number of aromatic nitrogens is 1. The summed E-state index contributed by atoms with van der Waals surface area (Å²) < 4.78 is 28.9. The lowest BCUT2D eigenvalue weighted by molar-refractivity contribution is 0.0259. The number of carboxylic acids is 1. The topological polar surface area (TPSA) is 77.9 Å². The number of benzene rings is 3. The minimum atomic E-state index is -1.20. The lowest BCUT2D eigenvalue weighted by Crippen LogP contribution is -2.15. The van der Waals surface area contributed by atoms with Crippen LogP contribution in [0, 0.1) is 0 Å². The van der Waals surface area contributed by atoms with E-state index in [4.69, 9.17) is 25.8 Å². The van der Waals surface area contributed by atoms with E-state index in [1.807, 2.05) is 73.7 Å². The van der Waals surface area contributed by atoms with E-state index in [1.165, 1.54) is 18.2 Å². The minimum absolute atomic E-state index is 0.0809. The fourth-order valence-corrected chi connectivity index (χ4v) is 3.97. The van der Waals surface area contributed by atoms with Crippen molar-refractivity contribution in [1.29, 1.82) is 0 Å². The molecule has 0 amide bonds. The molecular formula is C29H25ClFNO5. The summed E-state index contributed by atoms with van der Waals surface area (Å²) in [5, 5.41) is 11.2. The van der Waals surface area contributed by atoms with E-state index in [0.29, 0.717) is 11.6 Å². The molecule has 190 valence electrons. The quantitative estimate of drug-likeness (QED) is 0.224. The van der Waals surface area contributed by atoms with Crippen molar-refractivity contribution in [2.75, 3.05) is 20.1 Å². The molecule has 1 aromatic heterocycles. The number of rotatable bonds is 11. The number of hydrogen-bond acceptors (Lipinski definition) is 5. The molecule has 3 aromatic carbocycles. The molecule has 8 heteroatoms. The summed E-state index contributed by atoms with van der Waals surface area (Å²) in [5.74, 6) is -0.956. The fraction of sp³-hybridized carbons (Fsp3) is 0.172. The fourth-order valence-electron chi connectivity index (χ4n) is 3.81. The highest BCUT2D eigenvalue weighted by Crippen LogP contribution is 2.27. The van der Waals surface area contributed by atoms with Crippen LogP contribution < -0.4 is 9.47 Å². The van der Waals surface area contributed by atoms with Crippen LogP contribution in [0.2, 0.25) is 5.02 Å². The van der Waals surface area contributed by atoms with E-state index in [2.05, 4.69) is 4.98 Å². The number of alkyl halides is 1. The lowest BCUT2D eigenvalue weighted by atomic mass is 10.1. The SMILES string of the molecule is CCOC(COc1ccc(OCF)cc1C(=O)O)c1cccc(/C=C/c2ccc3ccc(Cl)cc3n2)c1. The number of halogens is 2. The maximum atomic E-state index is 12.5. The van der Waals surface area contributed by atoms with Crippen LogP contribution in [0.4, 0.5) is 4.39 Å². The molecule has 4 aromatic rings. The molecule has 4 rings (SSSR count). The Kier molecular flexibility index (Phi) is 8.72. The van der Waals surface area contributed by atoms with Gasteiger partial charge in [0.25, 0.3) is 0 Å². The third kappa shape index (κ3) is 6.84. The van der Waals surface area contributed by atoms with Gasteiger partial charge < -0.3 is 19.3 Å². The van der Waals surface area contributed by atoms with Crippen molar-refractivity contribution in [1.82, 2.24) is 4.98 Å². The van der Waals surface area contributed by atoms with Crippen molar-refractivity contribution in [3.05, 3.63) is 100 Å². The average molecular weight is 522 g/mol. The van der Waals surface area contributed by atoms with E-state index >= 15 is 0 Å². The highest BCUT2D eigenvalue weighted by atomic mass is 35.5. The number of hydrogen-bond donors (Lipinski definition) is 1. The Labute approximate surface area is 218 Å². The van der Waals surface area contributed by atoms with Crippen molar-refractivity contribution in [3.8, 4) is 11.5 Å². The second-order valence-corrected chi connectivity index (χ2v) is 8.48. The van der Waals surface area contributed by atoms with Gasteiger partial charge in [-0.3, -0.25) is 0 Å². The van der Waals surface area contributed by atoms with Crippen LogP contribution in [0.3, 0.4) is 0 Å². The first kappa shape index (κ1) is 26.1. The Morgan fingerprint density at radius 1 is 1.05 bits per heavy atom. The largest absolute Gasteiger partial charge is 0.490 e. The Morgan fingerprint density at radius 3 is 2.68 bits per heavy atom. The second-order valence-electron chi connectivity index (χ2n) is 8.05. The van der Waals surface area contributed by atoms with Crippen molar-refractivity contribution in [2.24, 2.45) is 0 Å². The molecule has 0 aliphatic carbocycles. The van der Waals surface area contributed by atoms with Crippen molar-refractivity contribution in [3.63, 3.8) is 0 Å². The normalized spacial score (nSPS) is 12.1. The van der Waals surface area contributed by atoms with Crippen LogP contribution in [0.5, 0.6) is 11.5 Å².